The van der Waals surface area contributed by atoms with E-state index in [1.807, 2.05) is 24.3 Å². The minimum absolute atomic E-state index is 0.0994. The molecule has 6 nitrogen and oxygen atoms in total. The Kier molecular flexibility index (Phi) is 5.09. The standard InChI is InChI=1S/C23H19BrFN3O3/c1-30-19-9-8-14(12-17(19)25)23(29)28-11-10-16(20(24)15-4-2-3-5-18(15)28)22-27-26-21(31-22)13-6-7-13/h2-5,8-9,12-13H,6-7,10-11H2,1H3. The first kappa shape index (κ1) is 19.9. The number of carbonyl (C=O) groups excluding carboxylic acids is 1. The van der Waals surface area contributed by atoms with Gasteiger partial charge in [0.15, 0.2) is 11.6 Å². The SMILES string of the molecule is COc1ccc(C(=O)N2CCC(c3nnc(C4CC4)o3)=C(Br)c3ccccc32)cc1F. The number of fused-ring (bicyclic) bond motifs is 1. The Morgan fingerprint density at radius 3 is 2.77 bits per heavy atom. The molecule has 0 spiro atoms. The molecule has 158 valence electrons. The zero-order valence-electron chi connectivity index (χ0n) is 16.8. The number of hydrogen-bond donors (Lipinski definition) is 0. The van der Waals surface area contributed by atoms with E-state index in [9.17, 15) is 9.18 Å². The molecular weight excluding hydrogens is 465 g/mol. The Morgan fingerprint density at radius 2 is 2.03 bits per heavy atom. The second kappa shape index (κ2) is 7.92. The molecule has 0 bridgehead atoms. The molecule has 1 amide bonds. The van der Waals surface area contributed by atoms with Crippen LogP contribution in [0.15, 0.2) is 46.9 Å². The van der Waals surface area contributed by atoms with Gasteiger partial charge in [0.25, 0.3) is 5.91 Å². The first-order chi connectivity index (χ1) is 15.1. The molecule has 0 N–H and O–H groups in total. The molecule has 0 saturated heterocycles. The summed E-state index contributed by atoms with van der Waals surface area (Å²) in [5.41, 5.74) is 2.67. The lowest BCUT2D eigenvalue weighted by atomic mass is 10.1. The fourth-order valence-electron chi connectivity index (χ4n) is 3.73. The van der Waals surface area contributed by atoms with Crippen molar-refractivity contribution in [3.63, 3.8) is 0 Å². The predicted molar refractivity (Wildman–Crippen MR) is 118 cm³/mol. The van der Waals surface area contributed by atoms with Crippen LogP contribution in [0.4, 0.5) is 10.1 Å². The van der Waals surface area contributed by atoms with Crippen molar-refractivity contribution in [3.05, 3.63) is 71.2 Å². The Labute approximate surface area is 186 Å². The fraction of sp³-hybridized carbons (Fsp3) is 0.261. The lowest BCUT2D eigenvalue weighted by Crippen LogP contribution is -2.32. The zero-order chi connectivity index (χ0) is 21.5. The van der Waals surface area contributed by atoms with Crippen LogP contribution in [0.5, 0.6) is 5.75 Å². The summed E-state index contributed by atoms with van der Waals surface area (Å²) >= 11 is 3.70. The number of rotatable bonds is 4. The highest BCUT2D eigenvalue weighted by Crippen LogP contribution is 2.43. The quantitative estimate of drug-likeness (QED) is 0.496. The maximum Gasteiger partial charge on any atom is 0.258 e. The Bertz CT molecular complexity index is 1200. The monoisotopic (exact) mass is 483 g/mol. The molecule has 1 fully saturated rings. The molecule has 8 heteroatoms. The van der Waals surface area contributed by atoms with Gasteiger partial charge < -0.3 is 14.1 Å². The Morgan fingerprint density at radius 1 is 1.23 bits per heavy atom. The summed E-state index contributed by atoms with van der Waals surface area (Å²) in [7, 11) is 1.39. The van der Waals surface area contributed by atoms with Gasteiger partial charge in [-0.1, -0.05) is 18.2 Å². The van der Waals surface area contributed by atoms with Crippen LogP contribution in [0.2, 0.25) is 0 Å². The third-order valence-electron chi connectivity index (χ3n) is 5.55. The van der Waals surface area contributed by atoms with Crippen molar-refractivity contribution in [2.24, 2.45) is 0 Å². The van der Waals surface area contributed by atoms with Gasteiger partial charge in [-0.3, -0.25) is 4.79 Å². The van der Waals surface area contributed by atoms with Gasteiger partial charge >= 0.3 is 0 Å². The van der Waals surface area contributed by atoms with Gasteiger partial charge in [0.1, 0.15) is 0 Å². The molecule has 0 radical (unpaired) electrons. The Hall–Kier alpha value is -3.00. The van der Waals surface area contributed by atoms with Gasteiger partial charge in [-0.05, 0) is 59.5 Å². The highest BCUT2D eigenvalue weighted by atomic mass is 79.9. The van der Waals surface area contributed by atoms with Crippen LogP contribution in [0, 0.1) is 5.82 Å². The molecule has 0 unspecified atom stereocenters. The smallest absolute Gasteiger partial charge is 0.258 e. The number of methoxy groups -OCH3 is 1. The van der Waals surface area contributed by atoms with E-state index in [1.54, 1.807) is 11.0 Å². The number of carbonyl (C=O) groups is 1. The maximum absolute atomic E-state index is 14.2. The van der Waals surface area contributed by atoms with Gasteiger partial charge in [-0.15, -0.1) is 10.2 Å². The second-order valence-electron chi connectivity index (χ2n) is 7.59. The molecular formula is C23H19BrFN3O3. The molecule has 2 aliphatic rings. The number of halogens is 2. The summed E-state index contributed by atoms with van der Waals surface area (Å²) in [6, 6.07) is 11.8. The van der Waals surface area contributed by atoms with E-state index in [1.165, 1.54) is 19.2 Å². The summed E-state index contributed by atoms with van der Waals surface area (Å²) in [5.74, 6) is 0.731. The van der Waals surface area contributed by atoms with Crippen LogP contribution in [0.25, 0.3) is 10.1 Å². The first-order valence-electron chi connectivity index (χ1n) is 10.0. The molecule has 3 aromatic rings. The number of aromatic nitrogens is 2. The molecule has 31 heavy (non-hydrogen) atoms. The van der Waals surface area contributed by atoms with Crippen molar-refractivity contribution in [1.29, 1.82) is 0 Å². The van der Waals surface area contributed by atoms with Crippen LogP contribution >= 0.6 is 15.9 Å². The zero-order valence-corrected chi connectivity index (χ0v) is 18.4. The molecule has 1 aliphatic heterocycles. The van der Waals surface area contributed by atoms with Crippen LogP contribution in [0.1, 0.15) is 52.9 Å². The van der Waals surface area contributed by atoms with E-state index in [0.29, 0.717) is 30.7 Å². The number of nitrogens with zero attached hydrogens (tertiary/aromatic N) is 3. The summed E-state index contributed by atoms with van der Waals surface area (Å²) in [6.07, 6.45) is 2.66. The van der Waals surface area contributed by atoms with Gasteiger partial charge in [-0.2, -0.15) is 0 Å². The molecule has 0 atom stereocenters. The lowest BCUT2D eigenvalue weighted by molar-refractivity contribution is 0.0987. The number of anilines is 1. The molecule has 5 rings (SSSR count). The average molecular weight is 484 g/mol. The van der Waals surface area contributed by atoms with Gasteiger partial charge in [0, 0.05) is 33.6 Å². The van der Waals surface area contributed by atoms with E-state index in [2.05, 4.69) is 26.1 Å². The first-order valence-corrected chi connectivity index (χ1v) is 10.8. The van der Waals surface area contributed by atoms with Gasteiger partial charge in [0.05, 0.1) is 12.8 Å². The second-order valence-corrected chi connectivity index (χ2v) is 8.38. The summed E-state index contributed by atoms with van der Waals surface area (Å²) in [5, 5.41) is 8.45. The van der Waals surface area contributed by atoms with E-state index in [0.717, 1.165) is 34.1 Å². The molecule has 1 aromatic heterocycles. The summed E-state index contributed by atoms with van der Waals surface area (Å²) in [4.78, 5) is 15.0. The maximum atomic E-state index is 14.2. The van der Waals surface area contributed by atoms with Crippen LogP contribution in [0.3, 0.4) is 0 Å². The summed E-state index contributed by atoms with van der Waals surface area (Å²) < 4.78 is 25.9. The minimum Gasteiger partial charge on any atom is -0.494 e. The third kappa shape index (κ3) is 3.65. The average Bonchev–Trinajstić information content (AvgIpc) is 3.55. The largest absolute Gasteiger partial charge is 0.494 e. The number of para-hydroxylation sites is 1. The highest BCUT2D eigenvalue weighted by molar-refractivity contribution is 9.15. The normalized spacial score (nSPS) is 16.2. The van der Waals surface area contributed by atoms with Crippen LogP contribution < -0.4 is 9.64 Å². The van der Waals surface area contributed by atoms with Crippen LogP contribution in [-0.2, 0) is 0 Å². The number of hydrogen-bond acceptors (Lipinski definition) is 5. The molecule has 2 heterocycles. The van der Waals surface area contributed by atoms with Crippen molar-refractivity contribution < 1.29 is 18.3 Å². The lowest BCUT2D eigenvalue weighted by Gasteiger charge is -2.23. The third-order valence-corrected chi connectivity index (χ3v) is 6.46. The summed E-state index contributed by atoms with van der Waals surface area (Å²) in [6.45, 7) is 0.384. The topological polar surface area (TPSA) is 68.5 Å². The van der Waals surface area contributed by atoms with Gasteiger partial charge in [-0.25, -0.2) is 4.39 Å². The molecule has 1 aliphatic carbocycles. The van der Waals surface area contributed by atoms with E-state index in [-0.39, 0.29) is 17.2 Å². The van der Waals surface area contributed by atoms with Crippen molar-refractivity contribution in [1.82, 2.24) is 10.2 Å². The van der Waals surface area contributed by atoms with E-state index >= 15 is 0 Å². The van der Waals surface area contributed by atoms with Gasteiger partial charge in [0.2, 0.25) is 11.8 Å². The van der Waals surface area contributed by atoms with Crippen molar-refractivity contribution in [2.45, 2.75) is 25.2 Å². The van der Waals surface area contributed by atoms with Crippen molar-refractivity contribution >= 4 is 37.6 Å². The fourth-order valence-corrected chi connectivity index (χ4v) is 4.43. The van der Waals surface area contributed by atoms with E-state index in [4.69, 9.17) is 9.15 Å². The predicted octanol–water partition coefficient (Wildman–Crippen LogP) is 5.41. The molecule has 2 aromatic carbocycles. The van der Waals surface area contributed by atoms with Crippen molar-refractivity contribution in [3.8, 4) is 5.75 Å². The highest BCUT2D eigenvalue weighted by Gasteiger charge is 2.32. The molecule has 1 saturated carbocycles. The number of benzene rings is 2. The number of amides is 1. The number of ether oxygens (including phenoxy) is 1. The van der Waals surface area contributed by atoms with Crippen molar-refractivity contribution in [2.75, 3.05) is 18.6 Å². The minimum atomic E-state index is -0.574. The van der Waals surface area contributed by atoms with Crippen LogP contribution in [-0.4, -0.2) is 29.8 Å². The Balaban J connectivity index is 1.52. The van der Waals surface area contributed by atoms with E-state index < -0.39 is 5.82 Å².